The smallest absolute Gasteiger partial charge is 0.329 e. The zero-order valence-electron chi connectivity index (χ0n) is 15.7. The van der Waals surface area contributed by atoms with Gasteiger partial charge in [-0.05, 0) is 17.7 Å². The molecule has 1 heterocycles. The van der Waals surface area contributed by atoms with Crippen LogP contribution in [0, 0.1) is 0 Å². The number of carboxylic acid groups (broad SMARTS) is 1. The minimum atomic E-state index is -1.16. The molecule has 1 fully saturated rings. The van der Waals surface area contributed by atoms with E-state index in [4.69, 9.17) is 18.9 Å². The lowest BCUT2D eigenvalue weighted by atomic mass is 10.0. The van der Waals surface area contributed by atoms with Gasteiger partial charge in [-0.15, -0.1) is 0 Å². The van der Waals surface area contributed by atoms with E-state index in [2.05, 4.69) is 0 Å². The number of carbonyl (C=O) groups excluding carboxylic acids is 1. The van der Waals surface area contributed by atoms with Crippen LogP contribution in [0.5, 0.6) is 17.2 Å². The van der Waals surface area contributed by atoms with Crippen molar-refractivity contribution in [2.45, 2.75) is 12.1 Å². The first-order valence-electron chi connectivity index (χ1n) is 8.52. The first kappa shape index (κ1) is 19.5. The molecule has 0 bridgehead atoms. The van der Waals surface area contributed by atoms with Crippen LogP contribution in [0.25, 0.3) is 0 Å². The number of nitrogens with zero attached hydrogens (tertiary/aromatic N) is 1. The van der Waals surface area contributed by atoms with Gasteiger partial charge in [-0.2, -0.15) is 0 Å². The van der Waals surface area contributed by atoms with E-state index in [0.717, 1.165) is 0 Å². The molecule has 1 saturated heterocycles. The van der Waals surface area contributed by atoms with Crippen molar-refractivity contribution in [3.63, 3.8) is 0 Å². The summed E-state index contributed by atoms with van der Waals surface area (Å²) in [5.74, 6) is -0.706. The summed E-state index contributed by atoms with van der Waals surface area (Å²) in [5, 5.41) is 9.75. The number of rotatable bonds is 6. The summed E-state index contributed by atoms with van der Waals surface area (Å²) in [6.07, 6.45) is -0.760. The van der Waals surface area contributed by atoms with E-state index in [0.29, 0.717) is 22.8 Å². The Hall–Kier alpha value is -3.26. The summed E-state index contributed by atoms with van der Waals surface area (Å²) in [6.45, 7) is -0.147. The van der Waals surface area contributed by atoms with Gasteiger partial charge in [0.05, 0.1) is 21.3 Å². The van der Waals surface area contributed by atoms with E-state index >= 15 is 0 Å². The third kappa shape index (κ3) is 3.46. The van der Waals surface area contributed by atoms with E-state index < -0.39 is 24.0 Å². The third-order valence-corrected chi connectivity index (χ3v) is 4.57. The highest BCUT2D eigenvalue weighted by Crippen LogP contribution is 2.39. The molecule has 1 aliphatic heterocycles. The molecule has 2 aromatic carbocycles. The highest BCUT2D eigenvalue weighted by Gasteiger charge is 2.44. The SMILES string of the molecule is COc1cc(C(=O)N2CO[C@H](c3ccccc3)[C@H]2C(=O)O)cc(OC)c1OC. The fourth-order valence-corrected chi connectivity index (χ4v) is 3.23. The second-order valence-electron chi connectivity index (χ2n) is 6.10. The molecule has 0 saturated carbocycles. The van der Waals surface area contributed by atoms with Crippen molar-refractivity contribution in [1.29, 1.82) is 0 Å². The lowest BCUT2D eigenvalue weighted by Crippen LogP contribution is -2.42. The molecule has 1 N–H and O–H groups in total. The minimum Gasteiger partial charge on any atom is -0.493 e. The average molecular weight is 387 g/mol. The molecule has 2 aromatic rings. The largest absolute Gasteiger partial charge is 0.493 e. The Morgan fingerprint density at radius 1 is 1.04 bits per heavy atom. The van der Waals surface area contributed by atoms with E-state index in [1.165, 1.54) is 38.4 Å². The molecule has 2 atom stereocenters. The maximum atomic E-state index is 13.1. The van der Waals surface area contributed by atoms with Crippen LogP contribution in [-0.2, 0) is 9.53 Å². The number of aliphatic carboxylic acids is 1. The van der Waals surface area contributed by atoms with Crippen molar-refractivity contribution >= 4 is 11.9 Å². The van der Waals surface area contributed by atoms with Gasteiger partial charge in [0.25, 0.3) is 5.91 Å². The number of carbonyl (C=O) groups is 2. The Morgan fingerprint density at radius 2 is 1.64 bits per heavy atom. The molecule has 0 unspecified atom stereocenters. The zero-order valence-corrected chi connectivity index (χ0v) is 15.7. The second kappa shape index (κ2) is 8.18. The van der Waals surface area contributed by atoms with Crippen molar-refractivity contribution in [2.75, 3.05) is 28.1 Å². The molecule has 1 aliphatic rings. The molecule has 28 heavy (non-hydrogen) atoms. The Kier molecular flexibility index (Phi) is 5.70. The molecule has 8 heteroatoms. The maximum Gasteiger partial charge on any atom is 0.329 e. The highest BCUT2D eigenvalue weighted by atomic mass is 16.5. The summed E-state index contributed by atoms with van der Waals surface area (Å²) in [4.78, 5) is 26.2. The van der Waals surface area contributed by atoms with Gasteiger partial charge in [-0.3, -0.25) is 9.69 Å². The standard InChI is InChI=1S/C20H21NO7/c1-25-14-9-13(10-15(26-2)18(14)27-3)19(22)21-11-28-17(16(21)20(23)24)12-7-5-4-6-8-12/h4-10,16-17H,11H2,1-3H3,(H,23,24)/t16-,17+/m0/s1. The molecule has 0 radical (unpaired) electrons. The van der Waals surface area contributed by atoms with Crippen LogP contribution >= 0.6 is 0 Å². The van der Waals surface area contributed by atoms with E-state index in [9.17, 15) is 14.7 Å². The Morgan fingerprint density at radius 3 is 2.14 bits per heavy atom. The van der Waals surface area contributed by atoms with E-state index in [1.54, 1.807) is 24.3 Å². The molecule has 148 valence electrons. The first-order chi connectivity index (χ1) is 13.5. The molecular formula is C20H21NO7. The number of methoxy groups -OCH3 is 3. The topological polar surface area (TPSA) is 94.5 Å². The van der Waals surface area contributed by atoms with Crippen molar-refractivity contribution in [2.24, 2.45) is 0 Å². The van der Waals surface area contributed by atoms with Gasteiger partial charge in [0, 0.05) is 5.56 Å². The Balaban J connectivity index is 1.97. The number of carboxylic acids is 1. The van der Waals surface area contributed by atoms with Crippen LogP contribution in [0.4, 0.5) is 0 Å². The summed E-state index contributed by atoms with van der Waals surface area (Å²) < 4.78 is 21.5. The zero-order chi connectivity index (χ0) is 20.3. The lowest BCUT2D eigenvalue weighted by molar-refractivity contribution is -0.142. The molecule has 0 aliphatic carbocycles. The fourth-order valence-electron chi connectivity index (χ4n) is 3.23. The van der Waals surface area contributed by atoms with Crippen LogP contribution in [0.15, 0.2) is 42.5 Å². The van der Waals surface area contributed by atoms with Crippen LogP contribution in [0.1, 0.15) is 22.0 Å². The van der Waals surface area contributed by atoms with Gasteiger partial charge in [-0.25, -0.2) is 4.79 Å². The summed E-state index contributed by atoms with van der Waals surface area (Å²) in [6, 6.07) is 10.8. The Bertz CT molecular complexity index is 843. The van der Waals surface area contributed by atoms with Gasteiger partial charge in [-0.1, -0.05) is 30.3 Å². The van der Waals surface area contributed by atoms with Gasteiger partial charge < -0.3 is 24.1 Å². The minimum absolute atomic E-state index is 0.147. The highest BCUT2D eigenvalue weighted by molar-refractivity contribution is 5.98. The normalized spacial score (nSPS) is 18.6. The average Bonchev–Trinajstić information content (AvgIpc) is 3.18. The number of benzene rings is 2. The number of hydrogen-bond donors (Lipinski definition) is 1. The van der Waals surface area contributed by atoms with Crippen LogP contribution in [0.2, 0.25) is 0 Å². The van der Waals surface area contributed by atoms with Crippen molar-refractivity contribution in [3.05, 3.63) is 53.6 Å². The fraction of sp³-hybridized carbons (Fsp3) is 0.300. The summed E-state index contributed by atoms with van der Waals surface area (Å²) >= 11 is 0. The third-order valence-electron chi connectivity index (χ3n) is 4.57. The molecule has 1 amide bonds. The molecular weight excluding hydrogens is 366 g/mol. The van der Waals surface area contributed by atoms with E-state index in [1.807, 2.05) is 6.07 Å². The molecule has 3 rings (SSSR count). The second-order valence-corrected chi connectivity index (χ2v) is 6.10. The number of amides is 1. The lowest BCUT2D eigenvalue weighted by Gasteiger charge is -2.23. The quantitative estimate of drug-likeness (QED) is 0.813. The van der Waals surface area contributed by atoms with Crippen molar-refractivity contribution < 1.29 is 33.6 Å². The number of hydrogen-bond acceptors (Lipinski definition) is 6. The number of ether oxygens (including phenoxy) is 4. The Labute approximate surface area is 162 Å². The molecule has 0 aromatic heterocycles. The predicted molar refractivity (Wildman–Crippen MR) is 98.8 cm³/mol. The predicted octanol–water partition coefficient (Wildman–Crippen LogP) is 2.34. The van der Waals surface area contributed by atoms with Gasteiger partial charge in [0.1, 0.15) is 12.8 Å². The maximum absolute atomic E-state index is 13.1. The van der Waals surface area contributed by atoms with Gasteiger partial charge >= 0.3 is 5.97 Å². The first-order valence-corrected chi connectivity index (χ1v) is 8.52. The summed E-state index contributed by atoms with van der Waals surface area (Å²) in [7, 11) is 4.34. The molecule has 0 spiro atoms. The van der Waals surface area contributed by atoms with Crippen LogP contribution < -0.4 is 14.2 Å². The van der Waals surface area contributed by atoms with Crippen molar-refractivity contribution in [3.8, 4) is 17.2 Å². The van der Waals surface area contributed by atoms with Gasteiger partial charge in [0.15, 0.2) is 17.5 Å². The molecule has 8 nitrogen and oxygen atoms in total. The van der Waals surface area contributed by atoms with Crippen molar-refractivity contribution in [1.82, 2.24) is 4.90 Å². The van der Waals surface area contributed by atoms with E-state index in [-0.39, 0.29) is 12.3 Å². The van der Waals surface area contributed by atoms with Crippen LogP contribution in [-0.4, -0.2) is 56.0 Å². The monoisotopic (exact) mass is 387 g/mol. The van der Waals surface area contributed by atoms with Gasteiger partial charge in [0.2, 0.25) is 5.75 Å². The van der Waals surface area contributed by atoms with Crippen LogP contribution in [0.3, 0.4) is 0 Å². The summed E-state index contributed by atoms with van der Waals surface area (Å²) in [5.41, 5.74) is 0.896.